The summed E-state index contributed by atoms with van der Waals surface area (Å²) in [6.45, 7) is 6.56. The number of nitrogens with zero attached hydrogens (tertiary/aromatic N) is 4. The van der Waals surface area contributed by atoms with Crippen LogP contribution in [0.25, 0.3) is 10.9 Å². The number of aliphatic hydroxyl groups excluding tert-OH is 1. The zero-order chi connectivity index (χ0) is 20.9. The lowest BCUT2D eigenvalue weighted by Crippen LogP contribution is -2.46. The van der Waals surface area contributed by atoms with Gasteiger partial charge in [-0.1, -0.05) is 48.9 Å². The highest BCUT2D eigenvalue weighted by Gasteiger charge is 2.21. The fourth-order valence-corrected chi connectivity index (χ4v) is 3.95. The van der Waals surface area contributed by atoms with Crippen LogP contribution in [0, 0.1) is 0 Å². The molecule has 2 N–H and O–H groups in total. The fraction of sp³-hybridized carbons (Fsp3) is 0.391. The smallest absolute Gasteiger partial charge is 0.227 e. The highest BCUT2D eigenvalue weighted by Crippen LogP contribution is 2.25. The number of aliphatic hydroxyl groups is 1. The molecule has 1 saturated heterocycles. The topological polar surface area (TPSA) is 64.5 Å². The molecule has 2 heterocycles. The van der Waals surface area contributed by atoms with Crippen LogP contribution < -0.4 is 10.2 Å². The standard InChI is InChI=1S/C23H28ClN5O/c1-2-18(16-30)25-22-19-8-4-6-10-21(19)26-23(27-22)29-13-11-28(12-14-29)15-17-7-3-5-9-20(17)24/h3-10,18,30H,2,11-16H2,1H3,(H,25,26,27). The largest absolute Gasteiger partial charge is 0.394 e. The quantitative estimate of drug-likeness (QED) is 0.600. The molecule has 0 aliphatic carbocycles. The van der Waals surface area contributed by atoms with Gasteiger partial charge in [0.05, 0.1) is 18.2 Å². The van der Waals surface area contributed by atoms with E-state index in [1.165, 1.54) is 0 Å². The molecule has 0 spiro atoms. The summed E-state index contributed by atoms with van der Waals surface area (Å²) in [6, 6.07) is 16.0. The van der Waals surface area contributed by atoms with E-state index in [-0.39, 0.29) is 12.6 Å². The molecule has 158 valence electrons. The first-order valence-electron chi connectivity index (χ1n) is 10.5. The monoisotopic (exact) mass is 425 g/mol. The number of rotatable bonds is 7. The number of para-hydroxylation sites is 1. The third-order valence-electron chi connectivity index (χ3n) is 5.65. The van der Waals surface area contributed by atoms with Gasteiger partial charge in [0, 0.05) is 43.1 Å². The summed E-state index contributed by atoms with van der Waals surface area (Å²) in [6.07, 6.45) is 0.824. The second-order valence-corrected chi connectivity index (χ2v) is 8.08. The molecular formula is C23H28ClN5O. The number of anilines is 2. The lowest BCUT2D eigenvalue weighted by molar-refractivity contribution is 0.249. The zero-order valence-electron chi connectivity index (χ0n) is 17.3. The molecule has 1 aliphatic heterocycles. The van der Waals surface area contributed by atoms with E-state index in [1.807, 2.05) is 42.5 Å². The molecule has 2 aromatic carbocycles. The first kappa shape index (κ1) is 20.8. The van der Waals surface area contributed by atoms with E-state index in [9.17, 15) is 5.11 Å². The molecule has 1 aromatic heterocycles. The molecule has 4 rings (SSSR count). The molecule has 0 bridgehead atoms. The lowest BCUT2D eigenvalue weighted by Gasteiger charge is -2.35. The van der Waals surface area contributed by atoms with Gasteiger partial charge < -0.3 is 15.3 Å². The van der Waals surface area contributed by atoms with Gasteiger partial charge in [-0.05, 0) is 30.2 Å². The van der Waals surface area contributed by atoms with Gasteiger partial charge in [-0.25, -0.2) is 4.98 Å². The maximum absolute atomic E-state index is 9.62. The predicted molar refractivity (Wildman–Crippen MR) is 123 cm³/mol. The number of piperazine rings is 1. The minimum Gasteiger partial charge on any atom is -0.394 e. The van der Waals surface area contributed by atoms with Crippen LogP contribution in [0.4, 0.5) is 11.8 Å². The van der Waals surface area contributed by atoms with Crippen molar-refractivity contribution in [3.63, 3.8) is 0 Å². The van der Waals surface area contributed by atoms with Crippen molar-refractivity contribution in [2.45, 2.75) is 25.9 Å². The van der Waals surface area contributed by atoms with Crippen molar-refractivity contribution in [1.82, 2.24) is 14.9 Å². The third-order valence-corrected chi connectivity index (χ3v) is 6.02. The van der Waals surface area contributed by atoms with Gasteiger partial charge in [0.2, 0.25) is 5.95 Å². The van der Waals surface area contributed by atoms with E-state index >= 15 is 0 Å². The molecule has 0 radical (unpaired) electrons. The van der Waals surface area contributed by atoms with Gasteiger partial charge in [-0.3, -0.25) is 4.90 Å². The summed E-state index contributed by atoms with van der Waals surface area (Å²) in [5, 5.41) is 14.8. The number of benzene rings is 2. The second kappa shape index (κ2) is 9.60. The Morgan fingerprint density at radius 2 is 1.77 bits per heavy atom. The van der Waals surface area contributed by atoms with Crippen LogP contribution in [0.3, 0.4) is 0 Å². The number of halogens is 1. The van der Waals surface area contributed by atoms with Gasteiger partial charge in [-0.15, -0.1) is 0 Å². The Morgan fingerprint density at radius 3 is 2.50 bits per heavy atom. The summed E-state index contributed by atoms with van der Waals surface area (Å²) in [4.78, 5) is 14.3. The van der Waals surface area contributed by atoms with E-state index < -0.39 is 0 Å². The molecule has 30 heavy (non-hydrogen) atoms. The van der Waals surface area contributed by atoms with Gasteiger partial charge in [0.15, 0.2) is 0 Å². The van der Waals surface area contributed by atoms with Crippen molar-refractivity contribution < 1.29 is 5.11 Å². The summed E-state index contributed by atoms with van der Waals surface area (Å²) in [5.74, 6) is 1.52. The van der Waals surface area contributed by atoms with Crippen LogP contribution in [0.15, 0.2) is 48.5 Å². The lowest BCUT2D eigenvalue weighted by atomic mass is 10.2. The summed E-state index contributed by atoms with van der Waals surface area (Å²) in [5.41, 5.74) is 2.08. The average molecular weight is 426 g/mol. The van der Waals surface area contributed by atoms with Crippen LogP contribution in [-0.2, 0) is 6.54 Å². The van der Waals surface area contributed by atoms with Crippen molar-refractivity contribution in [2.24, 2.45) is 0 Å². The molecule has 6 nitrogen and oxygen atoms in total. The van der Waals surface area contributed by atoms with Crippen LogP contribution in [-0.4, -0.2) is 58.8 Å². The second-order valence-electron chi connectivity index (χ2n) is 7.68. The van der Waals surface area contributed by atoms with Crippen molar-refractivity contribution >= 4 is 34.3 Å². The Kier molecular flexibility index (Phi) is 6.67. The van der Waals surface area contributed by atoms with E-state index in [1.54, 1.807) is 0 Å². The molecule has 1 atom stereocenters. The van der Waals surface area contributed by atoms with E-state index in [0.29, 0.717) is 0 Å². The van der Waals surface area contributed by atoms with Crippen molar-refractivity contribution in [3.8, 4) is 0 Å². The molecule has 1 aliphatic rings. The number of hydrogen-bond donors (Lipinski definition) is 2. The highest BCUT2D eigenvalue weighted by atomic mass is 35.5. The zero-order valence-corrected chi connectivity index (χ0v) is 18.0. The Labute approximate surface area is 182 Å². The van der Waals surface area contributed by atoms with Gasteiger partial charge >= 0.3 is 0 Å². The molecule has 1 fully saturated rings. The highest BCUT2D eigenvalue weighted by molar-refractivity contribution is 6.31. The van der Waals surface area contributed by atoms with E-state index in [2.05, 4.69) is 28.1 Å². The van der Waals surface area contributed by atoms with Crippen molar-refractivity contribution in [2.75, 3.05) is 43.0 Å². The molecule has 3 aromatic rings. The molecule has 0 saturated carbocycles. The first-order chi connectivity index (χ1) is 14.7. The maximum atomic E-state index is 9.62. The van der Waals surface area contributed by atoms with Crippen LogP contribution in [0.5, 0.6) is 0 Å². The van der Waals surface area contributed by atoms with Crippen molar-refractivity contribution in [3.05, 3.63) is 59.1 Å². The Balaban J connectivity index is 1.50. The van der Waals surface area contributed by atoms with Crippen LogP contribution in [0.1, 0.15) is 18.9 Å². The fourth-order valence-electron chi connectivity index (χ4n) is 3.76. The van der Waals surface area contributed by atoms with E-state index in [4.69, 9.17) is 21.6 Å². The summed E-state index contributed by atoms with van der Waals surface area (Å²) >= 11 is 6.32. The number of nitrogens with one attached hydrogen (secondary N) is 1. The van der Waals surface area contributed by atoms with E-state index in [0.717, 1.165) is 72.4 Å². The Hall–Kier alpha value is -2.41. The van der Waals surface area contributed by atoms with Crippen molar-refractivity contribution in [1.29, 1.82) is 0 Å². The molecule has 0 amide bonds. The Morgan fingerprint density at radius 1 is 1.03 bits per heavy atom. The SMILES string of the molecule is CCC(CO)Nc1nc(N2CCN(Cc3ccccc3Cl)CC2)nc2ccccc12. The minimum absolute atomic E-state index is 0.0244. The molecule has 7 heteroatoms. The average Bonchev–Trinajstić information content (AvgIpc) is 2.79. The first-order valence-corrected chi connectivity index (χ1v) is 10.9. The summed E-state index contributed by atoms with van der Waals surface area (Å²) in [7, 11) is 0. The Bertz CT molecular complexity index is 986. The number of aromatic nitrogens is 2. The summed E-state index contributed by atoms with van der Waals surface area (Å²) < 4.78 is 0. The van der Waals surface area contributed by atoms with Gasteiger partial charge in [-0.2, -0.15) is 4.98 Å². The van der Waals surface area contributed by atoms with Crippen LogP contribution >= 0.6 is 11.6 Å². The predicted octanol–water partition coefficient (Wildman–Crippen LogP) is 3.79. The third kappa shape index (κ3) is 4.67. The van der Waals surface area contributed by atoms with Gasteiger partial charge in [0.1, 0.15) is 5.82 Å². The normalized spacial score (nSPS) is 16.0. The molecular weight excluding hydrogens is 398 g/mol. The minimum atomic E-state index is -0.0244. The van der Waals surface area contributed by atoms with Crippen LogP contribution in [0.2, 0.25) is 5.02 Å². The van der Waals surface area contributed by atoms with Gasteiger partial charge in [0.25, 0.3) is 0 Å². The number of fused-ring (bicyclic) bond motifs is 1. The maximum Gasteiger partial charge on any atom is 0.227 e. The molecule has 1 unspecified atom stereocenters. The number of hydrogen-bond acceptors (Lipinski definition) is 6.